The molecule has 0 saturated carbocycles. The highest BCUT2D eigenvalue weighted by atomic mass is 16.5. The van der Waals surface area contributed by atoms with Crippen molar-refractivity contribution in [3.63, 3.8) is 0 Å². The van der Waals surface area contributed by atoms with Gasteiger partial charge in [-0.05, 0) is 68.1 Å². The van der Waals surface area contributed by atoms with Crippen LogP contribution in [0.4, 0.5) is 0 Å². The minimum atomic E-state index is -0.391. The van der Waals surface area contributed by atoms with Crippen molar-refractivity contribution in [3.05, 3.63) is 70.4 Å². The Morgan fingerprint density at radius 3 is 2.59 bits per heavy atom. The number of aromatic nitrogens is 1. The fourth-order valence-electron chi connectivity index (χ4n) is 4.77. The quantitative estimate of drug-likeness (QED) is 0.143. The van der Waals surface area contributed by atoms with Gasteiger partial charge in [0.15, 0.2) is 11.5 Å². The van der Waals surface area contributed by atoms with E-state index < -0.39 is 6.10 Å². The second kappa shape index (κ2) is 15.7. The maximum Gasteiger partial charge on any atom is 0.161 e. The fraction of sp³-hybridized carbons (Fsp3) is 0.548. The first kappa shape index (κ1) is 30.8. The first-order valence-electron chi connectivity index (χ1n) is 14.2. The average molecular weight is 542 g/mol. The number of aliphatic hydroxyl groups excluding tert-OH is 2. The Bertz CT molecular complexity index is 1120. The largest absolute Gasteiger partial charge is 0.504 e. The van der Waals surface area contributed by atoms with E-state index in [-0.39, 0.29) is 24.3 Å². The van der Waals surface area contributed by atoms with Crippen LogP contribution in [-0.4, -0.2) is 59.2 Å². The van der Waals surface area contributed by atoms with Crippen molar-refractivity contribution < 1.29 is 24.5 Å². The molecule has 8 nitrogen and oxygen atoms in total. The molecular weight excluding hydrogens is 494 g/mol. The third kappa shape index (κ3) is 9.42. The number of aliphatic hydroxyl groups is 2. The zero-order chi connectivity index (χ0) is 28.2. The zero-order valence-electron chi connectivity index (χ0n) is 23.9. The maximum absolute atomic E-state index is 10.3. The highest BCUT2D eigenvalue weighted by Gasteiger charge is 2.20. The fourth-order valence-corrected chi connectivity index (χ4v) is 4.77. The van der Waals surface area contributed by atoms with Crippen molar-refractivity contribution in [1.82, 2.24) is 15.6 Å². The lowest BCUT2D eigenvalue weighted by Crippen LogP contribution is -2.43. The molecule has 0 amide bonds. The van der Waals surface area contributed by atoms with E-state index in [0.717, 1.165) is 60.6 Å². The summed E-state index contributed by atoms with van der Waals surface area (Å²) >= 11 is 0. The first-order chi connectivity index (χ1) is 18.8. The van der Waals surface area contributed by atoms with Crippen LogP contribution in [0.1, 0.15) is 73.4 Å². The van der Waals surface area contributed by atoms with Crippen molar-refractivity contribution in [2.75, 3.05) is 26.7 Å². The van der Waals surface area contributed by atoms with Crippen LogP contribution in [0.25, 0.3) is 0 Å². The molecule has 2 aromatic heterocycles. The molecule has 6 N–H and O–H groups in total. The number of unbranched alkanes of at least 4 members (excludes halogenated alkanes) is 1. The van der Waals surface area contributed by atoms with E-state index in [2.05, 4.69) is 35.5 Å². The molecule has 0 radical (unpaired) electrons. The number of phenolic OH excluding ortho intramolecular Hbond substituents is 1. The minimum absolute atomic E-state index is 0.00261. The molecule has 39 heavy (non-hydrogen) atoms. The Morgan fingerprint density at radius 2 is 1.87 bits per heavy atom. The van der Waals surface area contributed by atoms with E-state index in [0.29, 0.717) is 31.7 Å². The Balaban J connectivity index is 1.53. The van der Waals surface area contributed by atoms with Gasteiger partial charge in [0.2, 0.25) is 0 Å². The minimum Gasteiger partial charge on any atom is -0.504 e. The molecule has 0 spiro atoms. The summed E-state index contributed by atoms with van der Waals surface area (Å²) in [6, 6.07) is 9.79. The number of ether oxygens (including phenoxy) is 1. The lowest BCUT2D eigenvalue weighted by atomic mass is 9.95. The van der Waals surface area contributed by atoms with Crippen molar-refractivity contribution in [2.45, 2.75) is 84.0 Å². The van der Waals surface area contributed by atoms with Crippen LogP contribution in [-0.2, 0) is 32.3 Å². The Hall–Kier alpha value is -2.78. The number of rotatable bonds is 18. The van der Waals surface area contributed by atoms with Gasteiger partial charge in [-0.15, -0.1) is 0 Å². The van der Waals surface area contributed by atoms with Crippen LogP contribution in [0, 0.1) is 0 Å². The molecule has 0 bridgehead atoms. The van der Waals surface area contributed by atoms with Gasteiger partial charge in [0.05, 0.1) is 19.3 Å². The number of aryl methyl sites for hydroxylation is 3. The zero-order valence-corrected chi connectivity index (χ0v) is 23.9. The molecule has 0 aliphatic carbocycles. The second-order valence-electron chi connectivity index (χ2n) is 10.5. The predicted molar refractivity (Wildman–Crippen MR) is 155 cm³/mol. The number of benzene rings is 1. The molecule has 3 rings (SSSR count). The van der Waals surface area contributed by atoms with Crippen molar-refractivity contribution in [2.24, 2.45) is 0 Å². The molecule has 3 atom stereocenters. The number of aromatic hydroxyl groups is 1. The van der Waals surface area contributed by atoms with Crippen LogP contribution >= 0.6 is 0 Å². The first-order valence-corrected chi connectivity index (χ1v) is 14.2. The van der Waals surface area contributed by atoms with Gasteiger partial charge in [0, 0.05) is 55.8 Å². The van der Waals surface area contributed by atoms with Gasteiger partial charge < -0.3 is 40.1 Å². The molecule has 0 unspecified atom stereocenters. The van der Waals surface area contributed by atoms with E-state index in [1.807, 2.05) is 31.4 Å². The highest BCUT2D eigenvalue weighted by molar-refractivity contribution is 5.42. The van der Waals surface area contributed by atoms with E-state index in [4.69, 9.17) is 9.15 Å². The molecule has 8 heteroatoms. The molecule has 0 aliphatic heterocycles. The average Bonchev–Trinajstić information content (AvgIpc) is 3.56. The number of nitrogens with one attached hydrogen (secondary N) is 3. The molecule has 216 valence electrons. The molecule has 3 aromatic rings. The topological polar surface area (TPSA) is 123 Å². The standard InChI is InChI=1S/C31H47N3O5/c1-5-6-7-30-25(20-35)16-27(39-30)10-8-23-9-11-29(37)31(14-23)38-13-12-26-15-24(18-33-26)22(3)28(19-32-4)34-17-21(2)36/h9,11,14-16,18,21-22,28,32-37H,5-8,10,12-13,17,19-20H2,1-4H3/t21-,22-,28-/m0/s1. The number of likely N-dealkylation sites (N-methyl/N-ethyl adjacent to an activating group) is 1. The van der Waals surface area contributed by atoms with Gasteiger partial charge >= 0.3 is 0 Å². The smallest absolute Gasteiger partial charge is 0.161 e. The molecule has 2 heterocycles. The summed E-state index contributed by atoms with van der Waals surface area (Å²) in [5.74, 6) is 2.62. The third-order valence-electron chi connectivity index (χ3n) is 7.18. The van der Waals surface area contributed by atoms with Crippen molar-refractivity contribution >= 4 is 0 Å². The van der Waals surface area contributed by atoms with Crippen LogP contribution in [0.2, 0.25) is 0 Å². The third-order valence-corrected chi connectivity index (χ3v) is 7.18. The molecular formula is C31H47N3O5. The number of phenols is 1. The van der Waals surface area contributed by atoms with Gasteiger partial charge in [-0.2, -0.15) is 0 Å². The maximum atomic E-state index is 10.3. The molecule has 0 aliphatic rings. The van der Waals surface area contributed by atoms with E-state index in [1.165, 1.54) is 5.56 Å². The highest BCUT2D eigenvalue weighted by Crippen LogP contribution is 2.28. The molecule has 1 aromatic carbocycles. The van der Waals surface area contributed by atoms with Crippen LogP contribution in [0.5, 0.6) is 11.5 Å². The van der Waals surface area contributed by atoms with E-state index in [9.17, 15) is 15.3 Å². The Morgan fingerprint density at radius 1 is 1.05 bits per heavy atom. The summed E-state index contributed by atoms with van der Waals surface area (Å²) in [5, 5.41) is 36.3. The summed E-state index contributed by atoms with van der Waals surface area (Å²) in [6.45, 7) is 7.90. The SMILES string of the molecule is CCCCc1oc(CCc2ccc(O)c(OCCc3cc([C@H](C)[C@H](CNC)NC[C@H](C)O)c[nH]3)c2)cc1CO. The van der Waals surface area contributed by atoms with Crippen LogP contribution in [0.3, 0.4) is 0 Å². The summed E-state index contributed by atoms with van der Waals surface area (Å²) in [7, 11) is 1.93. The summed E-state index contributed by atoms with van der Waals surface area (Å²) in [4.78, 5) is 3.35. The number of hydrogen-bond acceptors (Lipinski definition) is 7. The van der Waals surface area contributed by atoms with Crippen molar-refractivity contribution in [3.8, 4) is 11.5 Å². The van der Waals surface area contributed by atoms with Crippen molar-refractivity contribution in [1.29, 1.82) is 0 Å². The number of hydrogen-bond donors (Lipinski definition) is 6. The Labute approximate surface area is 232 Å². The van der Waals surface area contributed by atoms with E-state index >= 15 is 0 Å². The lowest BCUT2D eigenvalue weighted by molar-refractivity contribution is 0.183. The number of aromatic amines is 1. The number of furan rings is 1. The summed E-state index contributed by atoms with van der Waals surface area (Å²) in [5.41, 5.74) is 4.20. The van der Waals surface area contributed by atoms with Gasteiger partial charge in [0.25, 0.3) is 0 Å². The van der Waals surface area contributed by atoms with Gasteiger partial charge in [-0.3, -0.25) is 0 Å². The lowest BCUT2D eigenvalue weighted by Gasteiger charge is -2.25. The number of H-pyrrole nitrogens is 1. The van der Waals surface area contributed by atoms with Gasteiger partial charge in [0.1, 0.15) is 11.5 Å². The summed E-state index contributed by atoms with van der Waals surface area (Å²) < 4.78 is 12.0. The predicted octanol–water partition coefficient (Wildman–Crippen LogP) is 4.22. The van der Waals surface area contributed by atoms with Gasteiger partial charge in [-0.1, -0.05) is 26.3 Å². The normalized spacial score (nSPS) is 13.9. The van der Waals surface area contributed by atoms with E-state index in [1.54, 1.807) is 13.0 Å². The van der Waals surface area contributed by atoms with Gasteiger partial charge in [-0.25, -0.2) is 0 Å². The summed E-state index contributed by atoms with van der Waals surface area (Å²) in [6.07, 6.45) is 6.77. The monoisotopic (exact) mass is 541 g/mol. The van der Waals surface area contributed by atoms with Crippen LogP contribution < -0.4 is 15.4 Å². The second-order valence-corrected chi connectivity index (χ2v) is 10.5. The Kier molecular flexibility index (Phi) is 12.4. The molecule has 0 saturated heterocycles. The molecule has 0 fully saturated rings. The van der Waals surface area contributed by atoms with Crippen LogP contribution in [0.15, 0.2) is 40.9 Å².